The monoisotopic (exact) mass is 512 g/mol. The molecule has 7 nitrogen and oxygen atoms in total. The number of unbranched alkanes of at least 4 members (excludes halogenated alkanes) is 1. The van der Waals surface area contributed by atoms with Crippen molar-refractivity contribution in [3.8, 4) is 0 Å². The zero-order valence-corrected chi connectivity index (χ0v) is 20.6. The lowest BCUT2D eigenvalue weighted by molar-refractivity contribution is 0.143. The number of aromatic nitrogens is 3. The average molecular weight is 513 g/mol. The molecular weight excluding hydrogens is 475 g/mol. The summed E-state index contributed by atoms with van der Waals surface area (Å²) in [5, 5.41) is 16.4. The molecule has 1 heterocycles. The largest absolute Gasteiger partial charge is 0.382 e. The van der Waals surface area contributed by atoms with Crippen LogP contribution < -0.4 is 10.6 Å². The van der Waals surface area contributed by atoms with E-state index in [1.54, 1.807) is 18.8 Å². The minimum absolute atomic E-state index is 0. The van der Waals surface area contributed by atoms with E-state index < -0.39 is 0 Å². The van der Waals surface area contributed by atoms with Gasteiger partial charge in [-0.1, -0.05) is 25.6 Å². The molecule has 2 N–H and O–H groups in total. The summed E-state index contributed by atoms with van der Waals surface area (Å²) < 4.78 is 7.59. The zero-order chi connectivity index (χ0) is 19.2. The van der Waals surface area contributed by atoms with E-state index in [0.717, 1.165) is 75.5 Å². The molecule has 0 spiro atoms. The van der Waals surface area contributed by atoms with Crippen LogP contribution in [-0.2, 0) is 17.7 Å². The third-order valence-electron chi connectivity index (χ3n) is 3.83. The number of halogens is 1. The van der Waals surface area contributed by atoms with Crippen LogP contribution in [0.15, 0.2) is 10.1 Å². The average Bonchev–Trinajstić information content (AvgIpc) is 3.00. The van der Waals surface area contributed by atoms with Gasteiger partial charge in [0, 0.05) is 46.3 Å². The molecule has 0 radical (unpaired) electrons. The Morgan fingerprint density at radius 3 is 2.48 bits per heavy atom. The second kappa shape index (κ2) is 16.4. The van der Waals surface area contributed by atoms with Crippen LogP contribution in [0.5, 0.6) is 0 Å². The molecule has 1 aromatic rings. The van der Waals surface area contributed by atoms with Crippen molar-refractivity contribution in [2.24, 2.45) is 10.9 Å². The smallest absolute Gasteiger partial charge is 0.190 e. The Hall–Kier alpha value is -0.550. The molecule has 0 bridgehead atoms. The van der Waals surface area contributed by atoms with Gasteiger partial charge in [0.15, 0.2) is 11.1 Å². The molecule has 0 atom stereocenters. The molecule has 1 rings (SSSR count). The number of rotatable bonds is 13. The predicted octanol–water partition coefficient (Wildman–Crippen LogP) is 3.19. The van der Waals surface area contributed by atoms with Gasteiger partial charge >= 0.3 is 0 Å². The number of guanidine groups is 1. The summed E-state index contributed by atoms with van der Waals surface area (Å²) in [7, 11) is 1.81. The molecule has 0 aromatic carbocycles. The molecule has 0 saturated carbocycles. The maximum Gasteiger partial charge on any atom is 0.190 e. The number of thioether (sulfide) groups is 1. The maximum atomic E-state index is 5.34. The van der Waals surface area contributed by atoms with E-state index in [2.05, 4.69) is 50.5 Å². The first-order valence-corrected chi connectivity index (χ1v) is 10.8. The number of nitrogens with one attached hydrogen (secondary N) is 2. The minimum atomic E-state index is 0. The van der Waals surface area contributed by atoms with Crippen molar-refractivity contribution >= 4 is 41.7 Å². The Kier molecular flexibility index (Phi) is 16.1. The molecule has 0 aliphatic carbocycles. The first kappa shape index (κ1) is 26.4. The molecule has 9 heteroatoms. The van der Waals surface area contributed by atoms with Gasteiger partial charge in [0.1, 0.15) is 5.82 Å². The topological polar surface area (TPSA) is 76.4 Å². The highest BCUT2D eigenvalue weighted by Gasteiger charge is 2.12. The molecule has 0 aliphatic rings. The quantitative estimate of drug-likeness (QED) is 0.139. The summed E-state index contributed by atoms with van der Waals surface area (Å²) in [5.41, 5.74) is 0. The number of aliphatic imine (C=N–C) groups is 1. The van der Waals surface area contributed by atoms with Crippen molar-refractivity contribution in [3.05, 3.63) is 5.82 Å². The van der Waals surface area contributed by atoms with Gasteiger partial charge in [0.2, 0.25) is 0 Å². The minimum Gasteiger partial charge on any atom is -0.382 e. The molecule has 0 aliphatic heterocycles. The molecule has 0 unspecified atom stereocenters. The standard InChI is InChI=1S/C18H36N6OS.HI/c1-6-25-13-8-7-11-20-17(19-4)21-12-9-10-16-22-23-18(26-5)24(16)14-15(2)3;/h15H,6-14H2,1-5H3,(H2,19,20,21);1H. The molecule has 0 amide bonds. The third-order valence-corrected chi connectivity index (χ3v) is 4.50. The summed E-state index contributed by atoms with van der Waals surface area (Å²) in [6.07, 6.45) is 6.11. The fraction of sp³-hybridized carbons (Fsp3) is 0.833. The van der Waals surface area contributed by atoms with Gasteiger partial charge in [0.05, 0.1) is 0 Å². The van der Waals surface area contributed by atoms with Crippen molar-refractivity contribution in [2.45, 2.75) is 58.2 Å². The van der Waals surface area contributed by atoms with Gasteiger partial charge < -0.3 is 19.9 Å². The highest BCUT2D eigenvalue weighted by atomic mass is 127. The molecule has 1 aromatic heterocycles. The Bertz CT molecular complexity index is 524. The van der Waals surface area contributed by atoms with E-state index >= 15 is 0 Å². The number of hydrogen-bond donors (Lipinski definition) is 2. The van der Waals surface area contributed by atoms with Crippen molar-refractivity contribution in [3.63, 3.8) is 0 Å². The molecular formula is C18H37IN6OS. The van der Waals surface area contributed by atoms with Gasteiger partial charge in [0.25, 0.3) is 0 Å². The number of aryl methyl sites for hydroxylation is 1. The van der Waals surface area contributed by atoms with E-state index in [9.17, 15) is 0 Å². The normalized spacial score (nSPS) is 11.6. The highest BCUT2D eigenvalue weighted by Crippen LogP contribution is 2.16. The van der Waals surface area contributed by atoms with Crippen molar-refractivity contribution in [1.29, 1.82) is 0 Å². The predicted molar refractivity (Wildman–Crippen MR) is 125 cm³/mol. The van der Waals surface area contributed by atoms with Gasteiger partial charge in [-0.3, -0.25) is 4.99 Å². The van der Waals surface area contributed by atoms with Crippen LogP contribution in [-0.4, -0.2) is 60.3 Å². The van der Waals surface area contributed by atoms with Gasteiger partial charge in [-0.05, 0) is 38.4 Å². The van der Waals surface area contributed by atoms with Crippen molar-refractivity contribution in [2.75, 3.05) is 39.6 Å². The van der Waals surface area contributed by atoms with Gasteiger partial charge in [-0.25, -0.2) is 0 Å². The van der Waals surface area contributed by atoms with Gasteiger partial charge in [-0.2, -0.15) is 0 Å². The van der Waals surface area contributed by atoms with Gasteiger partial charge in [-0.15, -0.1) is 34.2 Å². The summed E-state index contributed by atoms with van der Waals surface area (Å²) >= 11 is 1.66. The summed E-state index contributed by atoms with van der Waals surface area (Å²) in [6, 6.07) is 0. The molecule has 158 valence electrons. The van der Waals surface area contributed by atoms with Crippen molar-refractivity contribution in [1.82, 2.24) is 25.4 Å². The van der Waals surface area contributed by atoms with Crippen molar-refractivity contribution < 1.29 is 4.74 Å². The zero-order valence-electron chi connectivity index (χ0n) is 17.5. The molecule has 0 fully saturated rings. The summed E-state index contributed by atoms with van der Waals surface area (Å²) in [4.78, 5) is 4.27. The maximum absolute atomic E-state index is 5.34. The summed E-state index contributed by atoms with van der Waals surface area (Å²) in [6.45, 7) is 10.8. The number of ether oxygens (including phenoxy) is 1. The lowest BCUT2D eigenvalue weighted by Gasteiger charge is -2.13. The van der Waals surface area contributed by atoms with E-state index in [1.807, 2.05) is 6.92 Å². The first-order chi connectivity index (χ1) is 12.6. The number of hydrogen-bond acceptors (Lipinski definition) is 5. The van der Waals surface area contributed by atoms with E-state index in [-0.39, 0.29) is 24.0 Å². The number of nitrogens with zero attached hydrogens (tertiary/aromatic N) is 4. The molecule has 0 saturated heterocycles. The second-order valence-corrected chi connectivity index (χ2v) is 7.31. The van der Waals surface area contributed by atoms with Crippen LogP contribution in [0, 0.1) is 5.92 Å². The first-order valence-electron chi connectivity index (χ1n) is 9.60. The Morgan fingerprint density at radius 2 is 1.89 bits per heavy atom. The Labute approximate surface area is 185 Å². The molecule has 27 heavy (non-hydrogen) atoms. The van der Waals surface area contributed by atoms with Crippen LogP contribution in [0.25, 0.3) is 0 Å². The lowest BCUT2D eigenvalue weighted by Crippen LogP contribution is -2.38. The fourth-order valence-corrected chi connectivity index (χ4v) is 3.08. The highest BCUT2D eigenvalue weighted by molar-refractivity contribution is 14.0. The van der Waals surface area contributed by atoms with Crippen LogP contribution in [0.4, 0.5) is 0 Å². The van der Waals surface area contributed by atoms with E-state index in [0.29, 0.717) is 5.92 Å². The second-order valence-electron chi connectivity index (χ2n) is 6.54. The van der Waals surface area contributed by atoms with Crippen LogP contribution in [0.3, 0.4) is 0 Å². The van der Waals surface area contributed by atoms with E-state index in [1.165, 1.54) is 0 Å². The van der Waals surface area contributed by atoms with E-state index in [4.69, 9.17) is 4.74 Å². The fourth-order valence-electron chi connectivity index (χ4n) is 2.56. The Balaban J connectivity index is 0.00000676. The Morgan fingerprint density at radius 1 is 1.19 bits per heavy atom. The SMILES string of the molecule is CCOCCCCNC(=NC)NCCCc1nnc(SC)n1CC(C)C.I. The summed E-state index contributed by atoms with van der Waals surface area (Å²) in [5.74, 6) is 2.51. The van der Waals surface area contributed by atoms with Crippen LogP contribution >= 0.6 is 35.7 Å². The van der Waals surface area contributed by atoms with Crippen LogP contribution in [0.2, 0.25) is 0 Å². The third kappa shape index (κ3) is 11.1. The lowest BCUT2D eigenvalue weighted by atomic mass is 10.2. The van der Waals surface area contributed by atoms with Crippen LogP contribution in [0.1, 0.15) is 45.9 Å².